The Morgan fingerprint density at radius 2 is 1.95 bits per heavy atom. The van der Waals surface area contributed by atoms with Crippen LogP contribution in [-0.4, -0.2) is 23.7 Å². The molecule has 118 valence electrons. The molecule has 4 nitrogen and oxygen atoms in total. The van der Waals surface area contributed by atoms with Crippen LogP contribution in [0.1, 0.15) is 52.2 Å². The number of carbonyl (C=O) groups is 1. The Balaban J connectivity index is 2.62. The molecule has 1 aromatic carbocycles. The number of aliphatic hydroxyl groups is 1. The molecule has 0 aromatic heterocycles. The fourth-order valence-electron chi connectivity index (χ4n) is 1.95. The Bertz CT molecular complexity index is 445. The zero-order valence-electron chi connectivity index (χ0n) is 13.4. The number of amides is 1. The third kappa shape index (κ3) is 5.76. The van der Waals surface area contributed by atoms with Gasteiger partial charge in [-0.2, -0.15) is 0 Å². The van der Waals surface area contributed by atoms with E-state index in [9.17, 15) is 9.90 Å². The van der Waals surface area contributed by atoms with E-state index >= 15 is 0 Å². The zero-order chi connectivity index (χ0) is 15.8. The van der Waals surface area contributed by atoms with E-state index in [1.54, 1.807) is 13.0 Å². The molecule has 0 aliphatic rings. The second kappa shape index (κ2) is 8.67. The standard InChI is InChI=1S/C17H27NO3/c1-5-15(19)14-8-6-7-9-16(14)21-13(4)17(20)18-11-10-12(2)3/h6-9,12-13,15,19H,5,10-11H2,1-4H3,(H,18,20)/t13?,15-/m1/s1. The number of nitrogens with one attached hydrogen (secondary N) is 1. The maximum Gasteiger partial charge on any atom is 0.260 e. The number of ether oxygens (including phenoxy) is 1. The van der Waals surface area contributed by atoms with Gasteiger partial charge in [-0.15, -0.1) is 0 Å². The van der Waals surface area contributed by atoms with Crippen LogP contribution in [0.4, 0.5) is 0 Å². The quantitative estimate of drug-likeness (QED) is 0.774. The van der Waals surface area contributed by atoms with Gasteiger partial charge in [0.25, 0.3) is 5.91 Å². The Morgan fingerprint density at radius 1 is 1.29 bits per heavy atom. The molecule has 21 heavy (non-hydrogen) atoms. The lowest BCUT2D eigenvalue weighted by Gasteiger charge is -2.19. The first-order valence-electron chi connectivity index (χ1n) is 7.67. The number of hydrogen-bond acceptors (Lipinski definition) is 3. The SMILES string of the molecule is CC[C@@H](O)c1ccccc1OC(C)C(=O)NCCC(C)C. The van der Waals surface area contributed by atoms with Crippen molar-refractivity contribution in [3.8, 4) is 5.75 Å². The number of rotatable bonds is 8. The van der Waals surface area contributed by atoms with Gasteiger partial charge in [0.05, 0.1) is 6.10 Å². The van der Waals surface area contributed by atoms with Crippen LogP contribution < -0.4 is 10.1 Å². The van der Waals surface area contributed by atoms with Crippen LogP contribution in [0, 0.1) is 5.92 Å². The maximum atomic E-state index is 12.0. The first-order valence-corrected chi connectivity index (χ1v) is 7.67. The fraction of sp³-hybridized carbons (Fsp3) is 0.588. The first kappa shape index (κ1) is 17.5. The van der Waals surface area contributed by atoms with Crippen LogP contribution in [0.15, 0.2) is 24.3 Å². The van der Waals surface area contributed by atoms with Gasteiger partial charge in [0.15, 0.2) is 6.10 Å². The third-order valence-electron chi connectivity index (χ3n) is 3.36. The molecule has 0 radical (unpaired) electrons. The molecule has 0 spiro atoms. The van der Waals surface area contributed by atoms with Crippen molar-refractivity contribution < 1.29 is 14.6 Å². The van der Waals surface area contributed by atoms with Gasteiger partial charge in [0.2, 0.25) is 0 Å². The van der Waals surface area contributed by atoms with Crippen LogP contribution >= 0.6 is 0 Å². The molecule has 0 bridgehead atoms. The van der Waals surface area contributed by atoms with E-state index in [0.717, 1.165) is 12.0 Å². The van der Waals surface area contributed by atoms with Crippen LogP contribution in [-0.2, 0) is 4.79 Å². The molecule has 4 heteroatoms. The number of benzene rings is 1. The van der Waals surface area contributed by atoms with Crippen molar-refractivity contribution in [1.29, 1.82) is 0 Å². The summed E-state index contributed by atoms with van der Waals surface area (Å²) in [6, 6.07) is 7.30. The summed E-state index contributed by atoms with van der Waals surface area (Å²) in [5.74, 6) is 0.997. The van der Waals surface area contributed by atoms with Crippen LogP contribution in [0.5, 0.6) is 5.75 Å². The van der Waals surface area contributed by atoms with E-state index in [1.165, 1.54) is 0 Å². The molecule has 1 rings (SSSR count). The van der Waals surface area contributed by atoms with E-state index in [-0.39, 0.29) is 5.91 Å². The summed E-state index contributed by atoms with van der Waals surface area (Å²) in [6.45, 7) is 8.52. The zero-order valence-corrected chi connectivity index (χ0v) is 13.4. The number of para-hydroxylation sites is 1. The van der Waals surface area contributed by atoms with Gasteiger partial charge < -0.3 is 15.2 Å². The predicted octanol–water partition coefficient (Wildman–Crippen LogP) is 3.06. The highest BCUT2D eigenvalue weighted by molar-refractivity contribution is 5.80. The highest BCUT2D eigenvalue weighted by Crippen LogP contribution is 2.27. The second-order valence-corrected chi connectivity index (χ2v) is 5.70. The maximum absolute atomic E-state index is 12.0. The lowest BCUT2D eigenvalue weighted by atomic mass is 10.1. The molecule has 0 heterocycles. The second-order valence-electron chi connectivity index (χ2n) is 5.70. The van der Waals surface area contributed by atoms with Gasteiger partial charge in [-0.05, 0) is 31.7 Å². The Kier molecular flexibility index (Phi) is 7.23. The van der Waals surface area contributed by atoms with Crippen LogP contribution in [0.25, 0.3) is 0 Å². The number of aliphatic hydroxyl groups excluding tert-OH is 1. The van der Waals surface area contributed by atoms with Crippen molar-refractivity contribution in [3.05, 3.63) is 29.8 Å². The van der Waals surface area contributed by atoms with Crippen LogP contribution in [0.2, 0.25) is 0 Å². The van der Waals surface area contributed by atoms with E-state index in [0.29, 0.717) is 24.6 Å². The minimum Gasteiger partial charge on any atom is -0.481 e. The first-order chi connectivity index (χ1) is 9.95. The summed E-state index contributed by atoms with van der Waals surface area (Å²) in [6.07, 6.45) is 0.402. The molecular weight excluding hydrogens is 266 g/mol. The molecule has 0 saturated carbocycles. The summed E-state index contributed by atoms with van der Waals surface area (Å²) in [5.41, 5.74) is 0.724. The topological polar surface area (TPSA) is 58.6 Å². The van der Waals surface area contributed by atoms with Crippen molar-refractivity contribution in [3.63, 3.8) is 0 Å². The Labute approximate surface area is 127 Å². The average molecular weight is 293 g/mol. The van der Waals surface area contributed by atoms with Gasteiger partial charge in [0, 0.05) is 12.1 Å². The van der Waals surface area contributed by atoms with Crippen molar-refractivity contribution in [2.75, 3.05) is 6.54 Å². The largest absolute Gasteiger partial charge is 0.481 e. The van der Waals surface area contributed by atoms with Crippen molar-refractivity contribution in [2.24, 2.45) is 5.92 Å². The molecule has 2 atom stereocenters. The third-order valence-corrected chi connectivity index (χ3v) is 3.36. The lowest BCUT2D eigenvalue weighted by molar-refractivity contribution is -0.127. The Hall–Kier alpha value is -1.55. The molecule has 2 N–H and O–H groups in total. The highest BCUT2D eigenvalue weighted by Gasteiger charge is 2.18. The summed E-state index contributed by atoms with van der Waals surface area (Å²) in [7, 11) is 0. The van der Waals surface area contributed by atoms with E-state index in [4.69, 9.17) is 4.74 Å². The molecule has 0 aliphatic carbocycles. The average Bonchev–Trinajstić information content (AvgIpc) is 2.46. The number of hydrogen-bond donors (Lipinski definition) is 2. The van der Waals surface area contributed by atoms with Gasteiger partial charge in [0.1, 0.15) is 5.75 Å². The summed E-state index contributed by atoms with van der Waals surface area (Å²) < 4.78 is 5.72. The number of carbonyl (C=O) groups excluding carboxylic acids is 1. The molecule has 0 saturated heterocycles. The van der Waals surface area contributed by atoms with Crippen molar-refractivity contribution in [1.82, 2.24) is 5.32 Å². The molecule has 0 aliphatic heterocycles. The summed E-state index contributed by atoms with van der Waals surface area (Å²) >= 11 is 0. The van der Waals surface area contributed by atoms with Crippen molar-refractivity contribution in [2.45, 2.75) is 52.7 Å². The van der Waals surface area contributed by atoms with Gasteiger partial charge in [-0.25, -0.2) is 0 Å². The fourth-order valence-corrected chi connectivity index (χ4v) is 1.95. The van der Waals surface area contributed by atoms with Gasteiger partial charge >= 0.3 is 0 Å². The molecule has 1 unspecified atom stereocenters. The van der Waals surface area contributed by atoms with Crippen molar-refractivity contribution >= 4 is 5.91 Å². The Morgan fingerprint density at radius 3 is 2.57 bits per heavy atom. The summed E-state index contributed by atoms with van der Waals surface area (Å²) in [5, 5.41) is 12.9. The summed E-state index contributed by atoms with van der Waals surface area (Å²) in [4.78, 5) is 12.0. The molecule has 0 fully saturated rings. The molecule has 1 aromatic rings. The minimum absolute atomic E-state index is 0.128. The van der Waals surface area contributed by atoms with Gasteiger partial charge in [-0.3, -0.25) is 4.79 Å². The smallest absolute Gasteiger partial charge is 0.260 e. The van der Waals surface area contributed by atoms with Gasteiger partial charge in [-0.1, -0.05) is 39.0 Å². The lowest BCUT2D eigenvalue weighted by Crippen LogP contribution is -2.37. The predicted molar refractivity (Wildman–Crippen MR) is 84.2 cm³/mol. The minimum atomic E-state index is -0.581. The van der Waals surface area contributed by atoms with E-state index in [1.807, 2.05) is 25.1 Å². The van der Waals surface area contributed by atoms with Crippen LogP contribution in [0.3, 0.4) is 0 Å². The normalized spacial score (nSPS) is 13.8. The van der Waals surface area contributed by atoms with E-state index in [2.05, 4.69) is 19.2 Å². The van der Waals surface area contributed by atoms with E-state index < -0.39 is 12.2 Å². The highest BCUT2D eigenvalue weighted by atomic mass is 16.5. The monoisotopic (exact) mass is 293 g/mol. The molecular formula is C17H27NO3. The molecule has 1 amide bonds.